The minimum atomic E-state index is -1.00. The predicted octanol–water partition coefficient (Wildman–Crippen LogP) is 4.40. The number of hydrogen-bond donors (Lipinski definition) is 2. The minimum Gasteiger partial charge on any atom is -0.456 e. The molecule has 1 aromatic rings. The van der Waals surface area contributed by atoms with Gasteiger partial charge in [-0.25, -0.2) is 4.98 Å². The molecule has 0 aromatic carbocycles. The Balaban J connectivity index is 1.59. The lowest BCUT2D eigenvalue weighted by atomic mass is 10.1. The van der Waals surface area contributed by atoms with Gasteiger partial charge in [0, 0.05) is 23.3 Å². The van der Waals surface area contributed by atoms with Crippen LogP contribution in [0.4, 0.5) is 0 Å². The third kappa shape index (κ3) is 10.1. The average molecular weight is 595 g/mol. The number of nitrogens with one attached hydrogen (secondary N) is 2. The van der Waals surface area contributed by atoms with Crippen molar-refractivity contribution in [1.82, 2.24) is 15.6 Å². The van der Waals surface area contributed by atoms with Crippen LogP contribution in [0, 0.1) is 0 Å². The molecule has 3 rings (SSSR count). The maximum absolute atomic E-state index is 12.8. The van der Waals surface area contributed by atoms with E-state index >= 15 is 0 Å². The summed E-state index contributed by atoms with van der Waals surface area (Å²) in [5.41, 5.74) is 0.403. The smallest absolute Gasteiger partial charge is 0.326 e. The monoisotopic (exact) mass is 594 g/mol. The molecule has 9 nitrogen and oxygen atoms in total. The van der Waals surface area contributed by atoms with E-state index in [9.17, 15) is 19.2 Å². The van der Waals surface area contributed by atoms with Gasteiger partial charge in [0.2, 0.25) is 11.8 Å². The van der Waals surface area contributed by atoms with E-state index in [2.05, 4.69) is 27.5 Å². The van der Waals surface area contributed by atoms with Gasteiger partial charge in [-0.2, -0.15) is 0 Å². The summed E-state index contributed by atoms with van der Waals surface area (Å²) >= 11 is 4.17. The highest BCUT2D eigenvalue weighted by Crippen LogP contribution is 2.31. The fourth-order valence-corrected chi connectivity index (χ4v) is 6.70. The number of rotatable bonds is 10. The third-order valence-electron chi connectivity index (χ3n) is 6.41. The number of thioether (sulfide) groups is 2. The molecule has 0 fully saturated rings. The van der Waals surface area contributed by atoms with Crippen molar-refractivity contribution in [3.8, 4) is 0 Å². The topological polar surface area (TPSA) is 127 Å². The van der Waals surface area contributed by atoms with E-state index in [1.165, 1.54) is 54.1 Å². The number of thiazole rings is 1. The van der Waals surface area contributed by atoms with Crippen molar-refractivity contribution in [2.45, 2.75) is 90.3 Å². The summed E-state index contributed by atoms with van der Waals surface area (Å²) in [5.74, 6) is -0.204. The first kappa shape index (κ1) is 31.3. The van der Waals surface area contributed by atoms with E-state index in [1.54, 1.807) is 6.92 Å². The summed E-state index contributed by atoms with van der Waals surface area (Å²) in [5, 5.41) is 8.94. The standard InChI is InChI=1S/C27H38N4O5S3/c1-4-5-6-7-8-11-24(34)37-12-9-10-18(2)20-13-21(32)28-14-22-30-19(16-38-22)25-31-27(3,17-39-25)26(35)29-15-23(33)36-20/h10,16,20H,4-9,11-15,17H2,1-3H3,(H,28,32)(H,29,35). The number of esters is 1. The van der Waals surface area contributed by atoms with Crippen molar-refractivity contribution in [2.75, 3.05) is 18.1 Å². The quantitative estimate of drug-likeness (QED) is 0.232. The maximum atomic E-state index is 12.8. The van der Waals surface area contributed by atoms with Crippen LogP contribution in [0.1, 0.15) is 82.8 Å². The highest BCUT2D eigenvalue weighted by molar-refractivity contribution is 8.14. The molecule has 2 unspecified atom stereocenters. The van der Waals surface area contributed by atoms with Crippen LogP contribution in [0.2, 0.25) is 0 Å². The summed E-state index contributed by atoms with van der Waals surface area (Å²) in [4.78, 5) is 59.5. The molecule has 2 N–H and O–H groups in total. The minimum absolute atomic E-state index is 0.0512. The fraction of sp³-hybridized carbons (Fsp3) is 0.630. The number of carbonyl (C=O) groups is 4. The molecule has 12 heteroatoms. The molecule has 2 aliphatic heterocycles. The molecule has 2 amide bonds. The number of carbonyl (C=O) groups excluding carboxylic acids is 4. The number of allylic oxidation sites excluding steroid dienone is 1. The van der Waals surface area contributed by atoms with Gasteiger partial charge in [0.05, 0.1) is 13.0 Å². The molecule has 0 radical (unpaired) electrons. The molecule has 0 saturated heterocycles. The zero-order valence-corrected chi connectivity index (χ0v) is 25.3. The van der Waals surface area contributed by atoms with E-state index < -0.39 is 17.6 Å². The van der Waals surface area contributed by atoms with Crippen LogP contribution < -0.4 is 10.6 Å². The number of ether oxygens (including phenoxy) is 1. The Labute approximate surface area is 242 Å². The van der Waals surface area contributed by atoms with E-state index in [4.69, 9.17) is 4.74 Å². The SMILES string of the molecule is CCCCCCCC(=O)SCCC=C(C)C1CC(=O)NCc2nc(cs2)C2=NC(C)(CS2)C(=O)NCC(=O)O1. The summed E-state index contributed by atoms with van der Waals surface area (Å²) in [6, 6.07) is 0. The Hall–Kier alpha value is -2.18. The van der Waals surface area contributed by atoms with Crippen molar-refractivity contribution in [1.29, 1.82) is 0 Å². The van der Waals surface area contributed by atoms with Crippen LogP contribution in [0.5, 0.6) is 0 Å². The largest absolute Gasteiger partial charge is 0.456 e. The molecule has 39 heavy (non-hydrogen) atoms. The van der Waals surface area contributed by atoms with Gasteiger partial charge in [0.1, 0.15) is 33.9 Å². The molecule has 2 aliphatic rings. The van der Waals surface area contributed by atoms with Crippen LogP contribution in [-0.4, -0.2) is 62.6 Å². The second-order valence-corrected chi connectivity index (χ2v) is 12.9. The molecular formula is C27H38N4O5S3. The maximum Gasteiger partial charge on any atom is 0.326 e. The van der Waals surface area contributed by atoms with Gasteiger partial charge in [-0.3, -0.25) is 24.2 Å². The van der Waals surface area contributed by atoms with E-state index in [-0.39, 0.29) is 36.4 Å². The molecular weight excluding hydrogens is 557 g/mol. The van der Waals surface area contributed by atoms with Gasteiger partial charge in [0.15, 0.2) is 5.12 Å². The average Bonchev–Trinajstić information content (AvgIpc) is 3.55. The first-order valence-corrected chi connectivity index (χ1v) is 16.3. The van der Waals surface area contributed by atoms with Gasteiger partial charge in [-0.15, -0.1) is 23.1 Å². The van der Waals surface area contributed by atoms with Crippen molar-refractivity contribution in [3.63, 3.8) is 0 Å². The number of cyclic esters (lactones) is 1. The normalized spacial score (nSPS) is 22.6. The molecule has 0 aliphatic carbocycles. The Morgan fingerprint density at radius 1 is 1.21 bits per heavy atom. The predicted molar refractivity (Wildman–Crippen MR) is 158 cm³/mol. The first-order chi connectivity index (χ1) is 18.7. The highest BCUT2D eigenvalue weighted by atomic mass is 32.2. The highest BCUT2D eigenvalue weighted by Gasteiger charge is 2.39. The number of nitrogens with zero attached hydrogens (tertiary/aromatic N) is 2. The lowest BCUT2D eigenvalue weighted by molar-refractivity contribution is -0.148. The van der Waals surface area contributed by atoms with Gasteiger partial charge >= 0.3 is 5.97 Å². The molecule has 0 saturated carbocycles. The second-order valence-electron chi connectivity index (χ2n) is 9.87. The summed E-state index contributed by atoms with van der Waals surface area (Å²) in [7, 11) is 0. The number of hydrogen-bond acceptors (Lipinski definition) is 10. The first-order valence-electron chi connectivity index (χ1n) is 13.4. The molecule has 1 aromatic heterocycles. The van der Waals surface area contributed by atoms with Crippen molar-refractivity contribution >= 4 is 62.8 Å². The lowest BCUT2D eigenvalue weighted by Crippen LogP contribution is -2.46. The van der Waals surface area contributed by atoms with Gasteiger partial charge in [0.25, 0.3) is 0 Å². The fourth-order valence-electron chi connectivity index (χ4n) is 4.02. The molecule has 2 atom stereocenters. The summed E-state index contributed by atoms with van der Waals surface area (Å²) in [6.07, 6.45) is 7.86. The Kier molecular flexibility index (Phi) is 12.5. The van der Waals surface area contributed by atoms with Crippen LogP contribution in [0.15, 0.2) is 22.0 Å². The zero-order chi connectivity index (χ0) is 28.3. The Bertz CT molecular complexity index is 1100. The van der Waals surface area contributed by atoms with Gasteiger partial charge in [-0.05, 0) is 32.3 Å². The molecule has 4 bridgehead atoms. The van der Waals surface area contributed by atoms with E-state index in [0.717, 1.165) is 23.4 Å². The lowest BCUT2D eigenvalue weighted by Gasteiger charge is -2.21. The summed E-state index contributed by atoms with van der Waals surface area (Å²) < 4.78 is 5.63. The zero-order valence-electron chi connectivity index (χ0n) is 22.9. The van der Waals surface area contributed by atoms with Crippen LogP contribution >= 0.6 is 34.9 Å². The van der Waals surface area contributed by atoms with Crippen molar-refractivity contribution < 1.29 is 23.9 Å². The van der Waals surface area contributed by atoms with Crippen molar-refractivity contribution in [2.24, 2.45) is 4.99 Å². The van der Waals surface area contributed by atoms with Crippen LogP contribution in [0.3, 0.4) is 0 Å². The van der Waals surface area contributed by atoms with Gasteiger partial charge < -0.3 is 15.4 Å². The molecule has 3 heterocycles. The summed E-state index contributed by atoms with van der Waals surface area (Å²) in [6.45, 7) is 5.64. The second kappa shape index (κ2) is 15.6. The number of aromatic nitrogens is 1. The molecule has 214 valence electrons. The molecule has 0 spiro atoms. The Morgan fingerprint density at radius 3 is 2.79 bits per heavy atom. The van der Waals surface area contributed by atoms with E-state index in [1.807, 2.05) is 18.4 Å². The third-order valence-corrected chi connectivity index (χ3v) is 9.51. The van der Waals surface area contributed by atoms with Crippen molar-refractivity contribution in [3.05, 3.63) is 27.7 Å². The number of fused-ring (bicyclic) bond motifs is 4. The van der Waals surface area contributed by atoms with Gasteiger partial charge in [-0.1, -0.05) is 50.4 Å². The number of unbranched alkanes of at least 4 members (excludes halogenated alkanes) is 4. The van der Waals surface area contributed by atoms with Crippen LogP contribution in [-0.2, 0) is 30.5 Å². The number of amides is 2. The Morgan fingerprint density at radius 2 is 2.00 bits per heavy atom. The van der Waals surface area contributed by atoms with E-state index in [0.29, 0.717) is 35.1 Å². The van der Waals surface area contributed by atoms with Crippen LogP contribution in [0.25, 0.3) is 0 Å². The number of aliphatic imine (C=N–C) groups is 1.